The molecule has 3 rings (SSSR count). The van der Waals surface area contributed by atoms with Crippen LogP contribution in [0.5, 0.6) is 0 Å². The highest BCUT2D eigenvalue weighted by Gasteiger charge is 2.37. The molecular weight excluding hydrogens is 248 g/mol. The number of rotatable bonds is 2. The van der Waals surface area contributed by atoms with Crippen LogP contribution in [0.4, 0.5) is 0 Å². The van der Waals surface area contributed by atoms with Crippen molar-refractivity contribution in [2.75, 3.05) is 13.1 Å². The maximum atomic E-state index is 12.6. The molecule has 1 aromatic carbocycles. The smallest absolute Gasteiger partial charge is 0.239 e. The van der Waals surface area contributed by atoms with E-state index in [0.717, 1.165) is 32.4 Å². The predicted molar refractivity (Wildman–Crippen MR) is 80.7 cm³/mol. The number of nitrogens with zero attached hydrogens (tertiary/aromatic N) is 1. The Kier molecular flexibility index (Phi) is 3.79. The Morgan fingerprint density at radius 1 is 1.35 bits per heavy atom. The first-order valence-corrected chi connectivity index (χ1v) is 7.76. The molecule has 0 unspecified atom stereocenters. The normalized spacial score (nSPS) is 29.9. The van der Waals surface area contributed by atoms with Crippen LogP contribution in [0, 0.1) is 6.92 Å². The van der Waals surface area contributed by atoms with Gasteiger partial charge in [-0.2, -0.15) is 0 Å². The molecule has 108 valence electrons. The Labute approximate surface area is 121 Å². The number of hydrogen-bond acceptors (Lipinski definition) is 2. The largest absolute Gasteiger partial charge is 0.338 e. The van der Waals surface area contributed by atoms with Crippen LogP contribution in [-0.4, -0.2) is 36.0 Å². The molecule has 20 heavy (non-hydrogen) atoms. The fourth-order valence-electron chi connectivity index (χ4n) is 3.70. The first kappa shape index (κ1) is 13.6. The molecule has 1 aromatic rings. The van der Waals surface area contributed by atoms with E-state index in [1.54, 1.807) is 0 Å². The summed E-state index contributed by atoms with van der Waals surface area (Å²) in [5.41, 5.74) is 2.76. The van der Waals surface area contributed by atoms with Crippen LogP contribution in [0.2, 0.25) is 0 Å². The van der Waals surface area contributed by atoms with E-state index in [9.17, 15) is 4.79 Å². The second kappa shape index (κ2) is 5.57. The molecule has 1 amide bonds. The number of likely N-dealkylation sites (tertiary alicyclic amines) is 1. The summed E-state index contributed by atoms with van der Waals surface area (Å²) in [6, 6.07) is 9.00. The molecule has 0 aliphatic carbocycles. The number of carbonyl (C=O) groups is 1. The highest BCUT2D eigenvalue weighted by Crippen LogP contribution is 2.33. The van der Waals surface area contributed by atoms with Crippen LogP contribution in [-0.2, 0) is 4.79 Å². The Morgan fingerprint density at radius 3 is 2.85 bits per heavy atom. The maximum absolute atomic E-state index is 12.6. The first-order valence-electron chi connectivity index (χ1n) is 7.76. The van der Waals surface area contributed by atoms with Crippen LogP contribution in [0.1, 0.15) is 43.2 Å². The van der Waals surface area contributed by atoms with Crippen molar-refractivity contribution in [3.63, 3.8) is 0 Å². The van der Waals surface area contributed by atoms with Crippen molar-refractivity contribution in [2.45, 2.75) is 51.1 Å². The monoisotopic (exact) mass is 272 g/mol. The van der Waals surface area contributed by atoms with Gasteiger partial charge in [-0.05, 0) is 50.8 Å². The Balaban J connectivity index is 1.73. The second-order valence-corrected chi connectivity index (χ2v) is 6.28. The van der Waals surface area contributed by atoms with Gasteiger partial charge in [-0.1, -0.05) is 24.3 Å². The van der Waals surface area contributed by atoms with Crippen molar-refractivity contribution >= 4 is 5.91 Å². The summed E-state index contributed by atoms with van der Waals surface area (Å²) in [4.78, 5) is 14.7. The topological polar surface area (TPSA) is 32.3 Å². The van der Waals surface area contributed by atoms with Crippen molar-refractivity contribution in [2.24, 2.45) is 0 Å². The first-order chi connectivity index (χ1) is 9.66. The SMILES string of the molecule is Cc1ccccc1[C@@H]1C[C@@H](C)N(C(=O)[C@H]2CCCN2)C1. The van der Waals surface area contributed by atoms with Gasteiger partial charge in [0.1, 0.15) is 0 Å². The van der Waals surface area contributed by atoms with E-state index >= 15 is 0 Å². The van der Waals surface area contributed by atoms with Gasteiger partial charge >= 0.3 is 0 Å². The summed E-state index contributed by atoms with van der Waals surface area (Å²) >= 11 is 0. The van der Waals surface area contributed by atoms with Gasteiger partial charge in [0, 0.05) is 18.5 Å². The number of nitrogens with one attached hydrogen (secondary N) is 1. The van der Waals surface area contributed by atoms with E-state index in [4.69, 9.17) is 0 Å². The average molecular weight is 272 g/mol. The predicted octanol–water partition coefficient (Wildman–Crippen LogP) is 2.45. The molecule has 1 N–H and O–H groups in total. The lowest BCUT2D eigenvalue weighted by molar-refractivity contribution is -0.133. The maximum Gasteiger partial charge on any atom is 0.239 e. The van der Waals surface area contributed by atoms with Crippen LogP contribution >= 0.6 is 0 Å². The number of amides is 1. The summed E-state index contributed by atoms with van der Waals surface area (Å²) in [6.07, 6.45) is 3.21. The minimum Gasteiger partial charge on any atom is -0.338 e. The zero-order chi connectivity index (χ0) is 14.1. The van der Waals surface area contributed by atoms with Crippen LogP contribution in [0.3, 0.4) is 0 Å². The van der Waals surface area contributed by atoms with Crippen molar-refractivity contribution in [3.05, 3.63) is 35.4 Å². The lowest BCUT2D eigenvalue weighted by Gasteiger charge is -2.25. The molecule has 3 atom stereocenters. The van der Waals surface area contributed by atoms with E-state index in [1.165, 1.54) is 11.1 Å². The molecule has 3 heteroatoms. The van der Waals surface area contributed by atoms with Crippen LogP contribution in [0.15, 0.2) is 24.3 Å². The van der Waals surface area contributed by atoms with E-state index in [1.807, 2.05) is 0 Å². The summed E-state index contributed by atoms with van der Waals surface area (Å²) in [5, 5.41) is 3.33. The number of aryl methyl sites for hydroxylation is 1. The molecule has 3 nitrogen and oxygen atoms in total. The van der Waals surface area contributed by atoms with E-state index in [0.29, 0.717) is 17.9 Å². The van der Waals surface area contributed by atoms with Gasteiger partial charge in [-0.3, -0.25) is 4.79 Å². The Morgan fingerprint density at radius 2 is 2.15 bits per heavy atom. The number of hydrogen-bond donors (Lipinski definition) is 1. The minimum absolute atomic E-state index is 0.0630. The van der Waals surface area contributed by atoms with Gasteiger partial charge in [-0.25, -0.2) is 0 Å². The molecule has 0 spiro atoms. The molecule has 2 aliphatic rings. The molecule has 2 saturated heterocycles. The third kappa shape index (κ3) is 2.47. The van der Waals surface area contributed by atoms with Gasteiger partial charge in [0.2, 0.25) is 5.91 Å². The zero-order valence-electron chi connectivity index (χ0n) is 12.4. The molecule has 2 aliphatic heterocycles. The lowest BCUT2D eigenvalue weighted by atomic mass is 9.93. The third-order valence-electron chi connectivity index (χ3n) is 4.84. The second-order valence-electron chi connectivity index (χ2n) is 6.28. The van der Waals surface area contributed by atoms with Crippen LogP contribution < -0.4 is 5.32 Å². The third-order valence-corrected chi connectivity index (χ3v) is 4.84. The number of benzene rings is 1. The molecular formula is C17H24N2O. The summed E-state index contributed by atoms with van der Waals surface area (Å²) in [5.74, 6) is 0.808. The average Bonchev–Trinajstić information content (AvgIpc) is 3.08. The Bertz CT molecular complexity index is 494. The van der Waals surface area contributed by atoms with Crippen molar-refractivity contribution in [3.8, 4) is 0 Å². The molecule has 0 saturated carbocycles. The van der Waals surface area contributed by atoms with Gasteiger partial charge in [0.25, 0.3) is 0 Å². The van der Waals surface area contributed by atoms with Crippen molar-refractivity contribution < 1.29 is 4.79 Å². The quantitative estimate of drug-likeness (QED) is 0.897. The van der Waals surface area contributed by atoms with Gasteiger partial charge in [0.15, 0.2) is 0 Å². The van der Waals surface area contributed by atoms with Crippen LogP contribution in [0.25, 0.3) is 0 Å². The molecule has 2 heterocycles. The highest BCUT2D eigenvalue weighted by atomic mass is 16.2. The van der Waals surface area contributed by atoms with Crippen molar-refractivity contribution in [1.82, 2.24) is 10.2 Å². The standard InChI is InChI=1S/C17H24N2O/c1-12-6-3-4-7-15(12)14-10-13(2)19(11-14)17(20)16-8-5-9-18-16/h3-4,6-7,13-14,16,18H,5,8-11H2,1-2H3/t13-,14-,16-/m1/s1. The summed E-state index contributed by atoms with van der Waals surface area (Å²) in [6.45, 7) is 6.22. The molecule has 0 bridgehead atoms. The fourth-order valence-corrected chi connectivity index (χ4v) is 3.70. The zero-order valence-corrected chi connectivity index (χ0v) is 12.4. The molecule has 0 radical (unpaired) electrons. The lowest BCUT2D eigenvalue weighted by Crippen LogP contribution is -2.45. The minimum atomic E-state index is 0.0630. The van der Waals surface area contributed by atoms with E-state index < -0.39 is 0 Å². The highest BCUT2D eigenvalue weighted by molar-refractivity contribution is 5.83. The summed E-state index contributed by atoms with van der Waals surface area (Å²) < 4.78 is 0. The van der Waals surface area contributed by atoms with Gasteiger partial charge in [0.05, 0.1) is 6.04 Å². The molecule has 0 aromatic heterocycles. The number of carbonyl (C=O) groups excluding carboxylic acids is 1. The van der Waals surface area contributed by atoms with E-state index in [2.05, 4.69) is 48.3 Å². The van der Waals surface area contributed by atoms with Gasteiger partial charge in [-0.15, -0.1) is 0 Å². The molecule has 2 fully saturated rings. The Hall–Kier alpha value is -1.35. The fraction of sp³-hybridized carbons (Fsp3) is 0.588. The van der Waals surface area contributed by atoms with Crippen molar-refractivity contribution in [1.29, 1.82) is 0 Å². The summed E-state index contributed by atoms with van der Waals surface area (Å²) in [7, 11) is 0. The van der Waals surface area contributed by atoms with Gasteiger partial charge < -0.3 is 10.2 Å². The van der Waals surface area contributed by atoms with E-state index in [-0.39, 0.29) is 6.04 Å².